The molecule has 0 saturated carbocycles. The van der Waals surface area contributed by atoms with Crippen LogP contribution in [-0.4, -0.2) is 30.4 Å². The van der Waals surface area contributed by atoms with E-state index in [1.165, 1.54) is 27.0 Å². The maximum atomic E-state index is 11.5. The van der Waals surface area contributed by atoms with Crippen molar-refractivity contribution < 1.29 is 30.0 Å². The minimum atomic E-state index is -0.417. The number of aliphatic hydroxyl groups excluding tert-OH is 1. The summed E-state index contributed by atoms with van der Waals surface area (Å²) in [7, 11) is 0. The second-order valence-electron chi connectivity index (χ2n) is 10.7. The number of hydrogen-bond donors (Lipinski definition) is 1. The van der Waals surface area contributed by atoms with Crippen LogP contribution in [0, 0.1) is 23.8 Å². The average Bonchev–Trinajstić information content (AvgIpc) is 3.19. The molecule has 0 amide bonds. The number of nitrogens with zero attached hydrogens (tertiary/aromatic N) is 1. The van der Waals surface area contributed by atoms with Crippen molar-refractivity contribution in [1.29, 1.82) is 0 Å². The molecular formula is C29H38IrNO2Se-. The van der Waals surface area contributed by atoms with E-state index >= 15 is 0 Å². The first kappa shape index (κ1) is 30.5. The van der Waals surface area contributed by atoms with E-state index in [2.05, 4.69) is 62.1 Å². The van der Waals surface area contributed by atoms with E-state index in [1.54, 1.807) is 0 Å². The Labute approximate surface area is 225 Å². The Bertz CT molecular complexity index is 1130. The van der Waals surface area contributed by atoms with Crippen molar-refractivity contribution in [3.63, 3.8) is 0 Å². The summed E-state index contributed by atoms with van der Waals surface area (Å²) in [6, 6.07) is 14.4. The summed E-state index contributed by atoms with van der Waals surface area (Å²) in [5, 5.41) is 10.8. The van der Waals surface area contributed by atoms with Crippen molar-refractivity contribution in [2.45, 2.75) is 74.7 Å². The van der Waals surface area contributed by atoms with Crippen molar-refractivity contribution >= 4 is 30.1 Å². The summed E-state index contributed by atoms with van der Waals surface area (Å²) < 4.78 is 1.25. The number of aryl methyl sites for hydroxylation is 1. The van der Waals surface area contributed by atoms with Crippen molar-refractivity contribution in [2.24, 2.45) is 10.8 Å². The van der Waals surface area contributed by atoms with E-state index in [-0.39, 0.29) is 37.1 Å². The summed E-state index contributed by atoms with van der Waals surface area (Å²) in [5.74, 6) is 0.690. The Hall–Kier alpha value is -1.51. The number of fused-ring (bicyclic) bond motifs is 1. The molecule has 1 N–H and O–H groups in total. The van der Waals surface area contributed by atoms with Gasteiger partial charge in [0.25, 0.3) is 0 Å². The number of carbonyl (C=O) groups is 1. The fraction of sp³-hybridized carbons (Fsp3) is 0.448. The molecule has 187 valence electrons. The van der Waals surface area contributed by atoms with E-state index in [4.69, 9.17) is 4.98 Å². The first-order chi connectivity index (χ1) is 15.2. The van der Waals surface area contributed by atoms with E-state index in [1.807, 2.05) is 41.5 Å². The van der Waals surface area contributed by atoms with Gasteiger partial charge in [-0.25, -0.2) is 0 Å². The molecule has 1 radical (unpaired) electrons. The van der Waals surface area contributed by atoms with Crippen LogP contribution in [-0.2, 0) is 24.9 Å². The third-order valence-electron chi connectivity index (χ3n) is 5.58. The zero-order valence-corrected chi connectivity index (χ0v) is 26.0. The Morgan fingerprint density at radius 3 is 2.32 bits per heavy atom. The molecule has 0 aliphatic rings. The van der Waals surface area contributed by atoms with Gasteiger partial charge in [-0.15, -0.1) is 0 Å². The second-order valence-corrected chi connectivity index (χ2v) is 12.6. The molecular weight excluding hydrogens is 666 g/mol. The normalized spacial score (nSPS) is 13.0. The van der Waals surface area contributed by atoms with Gasteiger partial charge in [0.2, 0.25) is 0 Å². The number of ketones is 1. The molecule has 2 aromatic heterocycles. The van der Waals surface area contributed by atoms with E-state index in [9.17, 15) is 9.90 Å². The number of rotatable bonds is 4. The second kappa shape index (κ2) is 12.4. The zero-order chi connectivity index (χ0) is 25.0. The Morgan fingerprint density at radius 1 is 1.12 bits per heavy atom. The smallest absolute Gasteiger partial charge is 0 e. The summed E-state index contributed by atoms with van der Waals surface area (Å²) in [5.41, 5.74) is 4.02. The number of carbonyl (C=O) groups excluding carboxylic acids is 1. The topological polar surface area (TPSA) is 50.2 Å². The maximum Gasteiger partial charge on any atom is 0 e. The summed E-state index contributed by atoms with van der Waals surface area (Å²) in [4.78, 5) is 18.5. The quantitative estimate of drug-likeness (QED) is 0.131. The Balaban J connectivity index is 0.000000364. The van der Waals surface area contributed by atoms with Crippen LogP contribution in [0.15, 0.2) is 47.1 Å². The van der Waals surface area contributed by atoms with Crippen LogP contribution in [0.5, 0.6) is 0 Å². The molecule has 2 heterocycles. The standard InChI is InChI=1S/C18H18NSe.C11H20O2.Ir/c1-4-13(3)15-9-12(2)10-16(11-15)17-6-5-14-7-8-20-18(14)19-17;1-10(2,3)8(12)7-9(13)11(4,5)6;/h5-9,11,13H,4H2,1-3H3;7,12H,1-6H3;/q-1;;/b;8-7-;. The number of benzene rings is 1. The molecule has 5 heteroatoms. The molecule has 1 aromatic carbocycles. The number of aromatic nitrogens is 1. The van der Waals surface area contributed by atoms with Gasteiger partial charge < -0.3 is 5.11 Å². The molecule has 0 aliphatic carbocycles. The van der Waals surface area contributed by atoms with Crippen LogP contribution in [0.1, 0.15) is 78.9 Å². The van der Waals surface area contributed by atoms with Crippen LogP contribution < -0.4 is 0 Å². The van der Waals surface area contributed by atoms with Gasteiger partial charge in [-0.1, -0.05) is 41.5 Å². The van der Waals surface area contributed by atoms with Gasteiger partial charge in [0, 0.05) is 37.0 Å². The van der Waals surface area contributed by atoms with Crippen molar-refractivity contribution in [1.82, 2.24) is 4.98 Å². The fourth-order valence-electron chi connectivity index (χ4n) is 2.95. The van der Waals surface area contributed by atoms with Gasteiger partial charge in [0.15, 0.2) is 5.78 Å². The third-order valence-corrected chi connectivity index (χ3v) is 7.30. The Kier molecular flexibility index (Phi) is 11.2. The van der Waals surface area contributed by atoms with Crippen molar-refractivity contribution in [3.8, 4) is 11.3 Å². The predicted octanol–water partition coefficient (Wildman–Crippen LogP) is 7.67. The van der Waals surface area contributed by atoms with Gasteiger partial charge in [0.05, 0.1) is 0 Å². The van der Waals surface area contributed by atoms with Crippen LogP contribution in [0.3, 0.4) is 0 Å². The summed E-state index contributed by atoms with van der Waals surface area (Å²) in [6.45, 7) is 17.7. The Morgan fingerprint density at radius 2 is 1.76 bits per heavy atom. The van der Waals surface area contributed by atoms with Crippen LogP contribution in [0.2, 0.25) is 0 Å². The molecule has 0 fully saturated rings. The number of pyridine rings is 1. The molecule has 3 aromatic rings. The van der Waals surface area contributed by atoms with Crippen molar-refractivity contribution in [3.05, 3.63) is 64.3 Å². The van der Waals surface area contributed by atoms with E-state index in [0.29, 0.717) is 20.4 Å². The number of allylic oxidation sites excluding steroid dienone is 2. The molecule has 3 rings (SSSR count). The minimum absolute atomic E-state index is 0. The fourth-order valence-corrected chi connectivity index (χ4v) is 4.56. The molecule has 0 aliphatic heterocycles. The van der Waals surface area contributed by atoms with Gasteiger partial charge in [-0.3, -0.25) is 4.79 Å². The molecule has 0 bridgehead atoms. The van der Waals surface area contributed by atoms with Crippen LogP contribution in [0.4, 0.5) is 0 Å². The number of hydrogen-bond acceptors (Lipinski definition) is 3. The molecule has 3 nitrogen and oxygen atoms in total. The third kappa shape index (κ3) is 8.61. The molecule has 0 saturated heterocycles. The first-order valence-corrected chi connectivity index (χ1v) is 13.4. The molecule has 1 atom stereocenters. The maximum absolute atomic E-state index is 11.5. The average molecular weight is 704 g/mol. The zero-order valence-electron chi connectivity index (χ0n) is 21.9. The first-order valence-electron chi connectivity index (χ1n) is 11.6. The largest absolute Gasteiger partial charge is 0 e. The van der Waals surface area contributed by atoms with Crippen LogP contribution in [0.25, 0.3) is 21.0 Å². The van der Waals surface area contributed by atoms with Gasteiger partial charge in [0.1, 0.15) is 5.76 Å². The van der Waals surface area contributed by atoms with E-state index in [0.717, 1.165) is 17.7 Å². The van der Waals surface area contributed by atoms with Crippen molar-refractivity contribution in [2.75, 3.05) is 0 Å². The summed E-state index contributed by atoms with van der Waals surface area (Å²) in [6.07, 6.45) is 2.49. The molecule has 1 unspecified atom stereocenters. The van der Waals surface area contributed by atoms with Gasteiger partial charge >= 0.3 is 126 Å². The number of aliphatic hydroxyl groups is 1. The SMILES string of the molecule is CC(C)(C)C(=O)/C=C(\O)C(C)(C)C.CCC(C)c1cc(C)[c-]c(-c2ccc3cc[se]c3n2)c1.[Ir]. The van der Waals surface area contributed by atoms with Gasteiger partial charge in [-0.2, -0.15) is 0 Å². The monoisotopic (exact) mass is 705 g/mol. The molecule has 34 heavy (non-hydrogen) atoms. The van der Waals surface area contributed by atoms with Gasteiger partial charge in [-0.05, 0) is 0 Å². The van der Waals surface area contributed by atoms with E-state index < -0.39 is 5.41 Å². The summed E-state index contributed by atoms with van der Waals surface area (Å²) >= 11 is 0.398. The predicted molar refractivity (Wildman–Crippen MR) is 141 cm³/mol. The minimum Gasteiger partial charge on any atom is 0 e. The molecule has 0 spiro atoms. The van der Waals surface area contributed by atoms with Crippen LogP contribution >= 0.6 is 0 Å².